The normalized spacial score (nSPS) is 20.1. The average Bonchev–Trinajstić information content (AvgIpc) is 3.38. The number of carbonyl (C=O) groups is 1. The van der Waals surface area contributed by atoms with Crippen molar-refractivity contribution in [2.24, 2.45) is 0 Å². The number of carbonyl (C=O) groups excluding carboxylic acids is 1. The minimum atomic E-state index is -0.694. The van der Waals surface area contributed by atoms with Crippen LogP contribution in [-0.4, -0.2) is 43.0 Å². The Morgan fingerprint density at radius 2 is 1.94 bits per heavy atom. The SMILES string of the molecule is COC(OC)c1ccccc1CNCC(=O)Nc1ccc2c(c1)CC1(C2)c2cccnc2NC1O. The van der Waals surface area contributed by atoms with E-state index in [2.05, 4.69) is 20.9 Å². The van der Waals surface area contributed by atoms with Gasteiger partial charge in [0.15, 0.2) is 6.29 Å². The topological polar surface area (TPSA) is 105 Å². The predicted molar refractivity (Wildman–Crippen MR) is 133 cm³/mol. The van der Waals surface area contributed by atoms with Crippen LogP contribution in [0.2, 0.25) is 0 Å². The predicted octanol–water partition coefficient (Wildman–Crippen LogP) is 2.88. The molecule has 0 fully saturated rings. The number of benzene rings is 2. The van der Waals surface area contributed by atoms with E-state index >= 15 is 0 Å². The van der Waals surface area contributed by atoms with Gasteiger partial charge in [0, 0.05) is 43.8 Å². The van der Waals surface area contributed by atoms with E-state index in [0.29, 0.717) is 13.0 Å². The highest BCUT2D eigenvalue weighted by atomic mass is 16.7. The van der Waals surface area contributed by atoms with Gasteiger partial charge in [-0.2, -0.15) is 0 Å². The number of aliphatic hydroxyl groups is 1. The molecule has 8 nitrogen and oxygen atoms in total. The fourth-order valence-electron chi connectivity index (χ4n) is 5.29. The van der Waals surface area contributed by atoms with Crippen LogP contribution in [0.1, 0.15) is 34.1 Å². The van der Waals surface area contributed by atoms with E-state index in [1.807, 2.05) is 54.6 Å². The minimum absolute atomic E-state index is 0.123. The van der Waals surface area contributed by atoms with Crippen LogP contribution >= 0.6 is 0 Å². The first-order valence-corrected chi connectivity index (χ1v) is 11.7. The molecule has 1 spiro atoms. The Hall–Kier alpha value is -3.30. The molecule has 1 aliphatic heterocycles. The first kappa shape index (κ1) is 23.4. The van der Waals surface area contributed by atoms with Gasteiger partial charge in [0.1, 0.15) is 12.0 Å². The van der Waals surface area contributed by atoms with Gasteiger partial charge in [-0.1, -0.05) is 36.4 Å². The second-order valence-electron chi connectivity index (χ2n) is 9.09. The molecule has 1 aliphatic carbocycles. The van der Waals surface area contributed by atoms with Crippen LogP contribution < -0.4 is 16.0 Å². The lowest BCUT2D eigenvalue weighted by molar-refractivity contribution is -0.115. The smallest absolute Gasteiger partial charge is 0.238 e. The fourth-order valence-corrected chi connectivity index (χ4v) is 5.29. The summed E-state index contributed by atoms with van der Waals surface area (Å²) >= 11 is 0. The highest BCUT2D eigenvalue weighted by Crippen LogP contribution is 2.48. The third-order valence-corrected chi connectivity index (χ3v) is 6.98. The summed E-state index contributed by atoms with van der Waals surface area (Å²) in [6.45, 7) is 0.680. The van der Waals surface area contributed by atoms with Crippen molar-refractivity contribution in [3.05, 3.63) is 88.6 Å². The number of nitrogens with zero attached hydrogens (tertiary/aromatic N) is 1. The van der Waals surface area contributed by atoms with Crippen molar-refractivity contribution in [3.8, 4) is 0 Å². The minimum Gasteiger partial charge on any atom is -0.373 e. The van der Waals surface area contributed by atoms with Gasteiger partial charge < -0.3 is 30.5 Å². The highest BCUT2D eigenvalue weighted by molar-refractivity contribution is 5.92. The first-order chi connectivity index (χ1) is 17.0. The van der Waals surface area contributed by atoms with Crippen LogP contribution in [0.25, 0.3) is 0 Å². The second kappa shape index (κ2) is 9.75. The van der Waals surface area contributed by atoms with Crippen molar-refractivity contribution in [1.82, 2.24) is 10.3 Å². The monoisotopic (exact) mass is 474 g/mol. The molecule has 0 saturated carbocycles. The van der Waals surface area contributed by atoms with Crippen molar-refractivity contribution in [1.29, 1.82) is 0 Å². The van der Waals surface area contributed by atoms with Gasteiger partial charge in [-0.3, -0.25) is 4.79 Å². The van der Waals surface area contributed by atoms with E-state index in [-0.39, 0.29) is 12.5 Å². The van der Waals surface area contributed by atoms with E-state index in [1.54, 1.807) is 20.4 Å². The van der Waals surface area contributed by atoms with Crippen LogP contribution in [0.4, 0.5) is 11.5 Å². The number of rotatable bonds is 8. The van der Waals surface area contributed by atoms with Crippen molar-refractivity contribution in [3.63, 3.8) is 0 Å². The Morgan fingerprint density at radius 1 is 1.14 bits per heavy atom. The van der Waals surface area contributed by atoms with Crippen LogP contribution in [0, 0.1) is 0 Å². The Bertz CT molecular complexity index is 1230. The third kappa shape index (κ3) is 4.41. The Morgan fingerprint density at radius 3 is 2.77 bits per heavy atom. The lowest BCUT2D eigenvalue weighted by atomic mass is 9.79. The van der Waals surface area contributed by atoms with Crippen LogP contribution in [0.5, 0.6) is 0 Å². The molecule has 35 heavy (non-hydrogen) atoms. The van der Waals surface area contributed by atoms with Crippen molar-refractivity contribution in [2.75, 3.05) is 31.4 Å². The zero-order chi connectivity index (χ0) is 24.4. The van der Waals surface area contributed by atoms with Gasteiger partial charge in [0.2, 0.25) is 5.91 Å². The number of fused-ring (bicyclic) bond motifs is 3. The molecule has 4 N–H and O–H groups in total. The number of nitrogens with one attached hydrogen (secondary N) is 3. The number of aromatic nitrogens is 1. The van der Waals surface area contributed by atoms with Crippen LogP contribution in [-0.2, 0) is 39.1 Å². The molecule has 8 heteroatoms. The Kier molecular flexibility index (Phi) is 6.53. The maximum atomic E-state index is 12.6. The molecule has 2 heterocycles. The lowest BCUT2D eigenvalue weighted by Gasteiger charge is -2.27. The summed E-state index contributed by atoms with van der Waals surface area (Å²) in [7, 11) is 3.20. The third-order valence-electron chi connectivity index (χ3n) is 6.98. The molecule has 1 amide bonds. The highest BCUT2D eigenvalue weighted by Gasteiger charge is 2.50. The van der Waals surface area contributed by atoms with Gasteiger partial charge in [-0.15, -0.1) is 0 Å². The quantitative estimate of drug-likeness (QED) is 0.372. The zero-order valence-corrected chi connectivity index (χ0v) is 19.9. The Labute approximate surface area is 204 Å². The number of anilines is 2. The number of hydrogen-bond acceptors (Lipinski definition) is 7. The van der Waals surface area contributed by atoms with Gasteiger partial charge in [-0.05, 0) is 47.7 Å². The summed E-state index contributed by atoms with van der Waals surface area (Å²) in [4.78, 5) is 17.0. The maximum Gasteiger partial charge on any atom is 0.238 e. The number of methoxy groups -OCH3 is 2. The van der Waals surface area contributed by atoms with Gasteiger partial charge in [0.05, 0.1) is 12.0 Å². The molecule has 2 aromatic carbocycles. The molecule has 5 rings (SSSR count). The fraction of sp³-hybridized carbons (Fsp3) is 0.333. The Balaban J connectivity index is 1.21. The van der Waals surface area contributed by atoms with E-state index < -0.39 is 17.9 Å². The van der Waals surface area contributed by atoms with Gasteiger partial charge in [-0.25, -0.2) is 4.98 Å². The van der Waals surface area contributed by atoms with E-state index in [4.69, 9.17) is 9.47 Å². The second-order valence-corrected chi connectivity index (χ2v) is 9.09. The largest absolute Gasteiger partial charge is 0.373 e. The summed E-state index contributed by atoms with van der Waals surface area (Å²) in [5.74, 6) is 0.624. The van der Waals surface area contributed by atoms with Gasteiger partial charge >= 0.3 is 0 Å². The van der Waals surface area contributed by atoms with Crippen molar-refractivity contribution < 1.29 is 19.4 Å². The zero-order valence-electron chi connectivity index (χ0n) is 19.9. The summed E-state index contributed by atoms with van der Waals surface area (Å²) in [6, 6.07) is 17.7. The summed E-state index contributed by atoms with van der Waals surface area (Å²) in [5, 5.41) is 20.1. The first-order valence-electron chi connectivity index (χ1n) is 11.7. The van der Waals surface area contributed by atoms with E-state index in [9.17, 15) is 9.90 Å². The standard InChI is InChI=1S/C27H30N4O4/c1-34-25(35-2)21-7-4-3-6-18(21)15-28-16-23(32)30-20-10-9-17-13-27(14-19(17)12-20)22-8-5-11-29-24(22)31-26(27)33/h3-12,25-26,28,33H,13-16H2,1-2H3,(H,29,31)(H,30,32). The molecular formula is C27H30N4O4. The number of amides is 1. The average molecular weight is 475 g/mol. The van der Waals surface area contributed by atoms with Crippen molar-refractivity contribution in [2.45, 2.75) is 37.3 Å². The number of ether oxygens (including phenoxy) is 2. The molecule has 0 saturated heterocycles. The number of aliphatic hydroxyl groups excluding tert-OH is 1. The summed E-state index contributed by atoms with van der Waals surface area (Å²) in [5.41, 5.74) is 5.62. The van der Waals surface area contributed by atoms with Crippen molar-refractivity contribution >= 4 is 17.4 Å². The number of hydrogen-bond donors (Lipinski definition) is 4. The molecule has 1 aromatic heterocycles. The summed E-state index contributed by atoms with van der Waals surface area (Å²) in [6.07, 6.45) is 2.00. The van der Waals surface area contributed by atoms with E-state index in [0.717, 1.165) is 40.2 Å². The van der Waals surface area contributed by atoms with Crippen LogP contribution in [0.3, 0.4) is 0 Å². The maximum absolute atomic E-state index is 12.6. The lowest BCUT2D eigenvalue weighted by Crippen LogP contribution is -2.39. The van der Waals surface area contributed by atoms with Crippen LogP contribution in [0.15, 0.2) is 60.8 Å². The molecule has 3 aromatic rings. The molecule has 2 unspecified atom stereocenters. The number of pyridine rings is 1. The van der Waals surface area contributed by atoms with Gasteiger partial charge in [0.25, 0.3) is 0 Å². The molecule has 2 atom stereocenters. The molecule has 182 valence electrons. The van der Waals surface area contributed by atoms with E-state index in [1.165, 1.54) is 5.56 Å². The summed E-state index contributed by atoms with van der Waals surface area (Å²) < 4.78 is 10.8. The molecule has 0 radical (unpaired) electrons. The molecule has 0 bridgehead atoms. The molecule has 2 aliphatic rings. The molecular weight excluding hydrogens is 444 g/mol.